The van der Waals surface area contributed by atoms with Crippen LogP contribution in [0, 0.1) is 0 Å². The van der Waals surface area contributed by atoms with Crippen LogP contribution in [0.3, 0.4) is 0 Å². The van der Waals surface area contributed by atoms with Gasteiger partial charge in [0, 0.05) is 18.7 Å². The molecule has 0 aliphatic heterocycles. The van der Waals surface area contributed by atoms with E-state index in [2.05, 4.69) is 4.90 Å². The molecular weight excluding hydrogens is 257 g/mol. The van der Waals surface area contributed by atoms with Crippen molar-refractivity contribution in [2.75, 3.05) is 14.2 Å². The molecule has 6 heteroatoms. The van der Waals surface area contributed by atoms with E-state index in [0.717, 1.165) is 11.1 Å². The van der Waals surface area contributed by atoms with Crippen molar-refractivity contribution >= 4 is 12.6 Å². The van der Waals surface area contributed by atoms with Gasteiger partial charge in [0.2, 0.25) is 0 Å². The predicted octanol–water partition coefficient (Wildman–Crippen LogP) is 0.600. The summed E-state index contributed by atoms with van der Waals surface area (Å²) >= 11 is 0. The molecular formula is C14H18BNO4. The number of hydrogen-bond donors (Lipinski definition) is 2. The summed E-state index contributed by atoms with van der Waals surface area (Å²) < 4.78 is 10.2. The summed E-state index contributed by atoms with van der Waals surface area (Å²) in [6, 6.07) is 7.11. The first kappa shape index (κ1) is 14.6. The van der Waals surface area contributed by atoms with Gasteiger partial charge in [0.25, 0.3) is 0 Å². The molecule has 5 nitrogen and oxygen atoms in total. The summed E-state index contributed by atoms with van der Waals surface area (Å²) in [6.45, 7) is 1.30. The van der Waals surface area contributed by atoms with E-state index < -0.39 is 7.12 Å². The van der Waals surface area contributed by atoms with Crippen LogP contribution in [0.25, 0.3) is 0 Å². The van der Waals surface area contributed by atoms with Crippen LogP contribution >= 0.6 is 0 Å². The second-order valence-corrected chi connectivity index (χ2v) is 4.74. The molecule has 1 heterocycles. The Morgan fingerprint density at radius 2 is 2.05 bits per heavy atom. The molecule has 1 aromatic heterocycles. The van der Waals surface area contributed by atoms with E-state index in [0.29, 0.717) is 24.3 Å². The molecule has 0 amide bonds. The van der Waals surface area contributed by atoms with Crippen molar-refractivity contribution in [2.24, 2.45) is 0 Å². The number of hydrogen-bond acceptors (Lipinski definition) is 5. The topological polar surface area (TPSA) is 66.1 Å². The average Bonchev–Trinajstić information content (AvgIpc) is 2.90. The first-order chi connectivity index (χ1) is 9.60. The lowest BCUT2D eigenvalue weighted by atomic mass is 9.77. The highest BCUT2D eigenvalue weighted by Crippen LogP contribution is 2.14. The third kappa shape index (κ3) is 3.63. The van der Waals surface area contributed by atoms with E-state index in [1.54, 1.807) is 31.8 Å². The first-order valence-corrected chi connectivity index (χ1v) is 6.32. The van der Waals surface area contributed by atoms with Gasteiger partial charge in [-0.3, -0.25) is 4.90 Å². The number of benzene rings is 1. The van der Waals surface area contributed by atoms with E-state index >= 15 is 0 Å². The SMILES string of the molecule is COc1ccc(B(O)O)c(CN(C)Cc2ccoc2)c1. The summed E-state index contributed by atoms with van der Waals surface area (Å²) in [4.78, 5) is 2.06. The second kappa shape index (κ2) is 6.61. The zero-order valence-electron chi connectivity index (χ0n) is 11.6. The monoisotopic (exact) mass is 275 g/mol. The standard InChI is InChI=1S/C14H18BNO4/c1-16(8-11-5-6-20-10-11)9-12-7-13(19-2)3-4-14(12)15(17)18/h3-7,10,17-18H,8-9H2,1-2H3. The van der Waals surface area contributed by atoms with Gasteiger partial charge in [-0.1, -0.05) is 6.07 Å². The van der Waals surface area contributed by atoms with Crippen molar-refractivity contribution in [1.82, 2.24) is 4.90 Å². The van der Waals surface area contributed by atoms with Crippen molar-refractivity contribution in [1.29, 1.82) is 0 Å². The maximum absolute atomic E-state index is 9.42. The Bertz CT molecular complexity index is 542. The summed E-state index contributed by atoms with van der Waals surface area (Å²) in [6.07, 6.45) is 3.33. The third-order valence-electron chi connectivity index (χ3n) is 3.10. The van der Waals surface area contributed by atoms with Crippen LogP contribution in [-0.2, 0) is 13.1 Å². The summed E-state index contributed by atoms with van der Waals surface area (Å²) in [5.41, 5.74) is 2.39. The van der Waals surface area contributed by atoms with Crippen molar-refractivity contribution in [3.63, 3.8) is 0 Å². The summed E-state index contributed by atoms with van der Waals surface area (Å²) in [5, 5.41) is 18.8. The van der Waals surface area contributed by atoms with Gasteiger partial charge in [0.1, 0.15) is 5.75 Å². The van der Waals surface area contributed by atoms with Crippen molar-refractivity contribution in [3.05, 3.63) is 47.9 Å². The van der Waals surface area contributed by atoms with Gasteiger partial charge >= 0.3 is 7.12 Å². The molecule has 0 spiro atoms. The molecule has 2 rings (SSSR count). The highest BCUT2D eigenvalue weighted by Gasteiger charge is 2.17. The van der Waals surface area contributed by atoms with Gasteiger partial charge in [-0.2, -0.15) is 0 Å². The van der Waals surface area contributed by atoms with Crippen molar-refractivity contribution in [2.45, 2.75) is 13.1 Å². The van der Waals surface area contributed by atoms with Gasteiger partial charge in [0.05, 0.1) is 19.6 Å². The number of methoxy groups -OCH3 is 1. The Morgan fingerprint density at radius 1 is 1.25 bits per heavy atom. The van der Waals surface area contributed by atoms with Crippen LogP contribution in [0.2, 0.25) is 0 Å². The van der Waals surface area contributed by atoms with Gasteiger partial charge in [-0.05, 0) is 36.3 Å². The highest BCUT2D eigenvalue weighted by atomic mass is 16.5. The molecule has 106 valence electrons. The largest absolute Gasteiger partial charge is 0.497 e. The van der Waals surface area contributed by atoms with E-state index in [9.17, 15) is 10.0 Å². The Balaban J connectivity index is 2.13. The fraction of sp³-hybridized carbons (Fsp3) is 0.286. The number of rotatable bonds is 6. The van der Waals surface area contributed by atoms with Gasteiger partial charge < -0.3 is 19.2 Å². The summed E-state index contributed by atoms with van der Waals surface area (Å²) in [5.74, 6) is 0.695. The quantitative estimate of drug-likeness (QED) is 0.756. The maximum atomic E-state index is 9.42. The molecule has 2 aromatic rings. The van der Waals surface area contributed by atoms with Crippen molar-refractivity contribution in [3.8, 4) is 5.75 Å². The number of nitrogens with zero attached hydrogens (tertiary/aromatic N) is 1. The van der Waals surface area contributed by atoms with E-state index in [-0.39, 0.29) is 0 Å². The van der Waals surface area contributed by atoms with Gasteiger partial charge in [-0.25, -0.2) is 0 Å². The predicted molar refractivity (Wildman–Crippen MR) is 76.7 cm³/mol. The molecule has 1 aromatic carbocycles. The van der Waals surface area contributed by atoms with E-state index in [1.807, 2.05) is 19.2 Å². The average molecular weight is 275 g/mol. The molecule has 0 atom stereocenters. The zero-order valence-corrected chi connectivity index (χ0v) is 11.6. The lowest BCUT2D eigenvalue weighted by Gasteiger charge is -2.18. The Morgan fingerprint density at radius 3 is 2.65 bits per heavy atom. The third-order valence-corrected chi connectivity index (χ3v) is 3.10. The lowest BCUT2D eigenvalue weighted by Crippen LogP contribution is -2.35. The number of ether oxygens (including phenoxy) is 1. The number of furan rings is 1. The van der Waals surface area contributed by atoms with Crippen LogP contribution in [0.1, 0.15) is 11.1 Å². The Labute approximate surface area is 118 Å². The Hall–Kier alpha value is -1.76. The van der Waals surface area contributed by atoms with Crippen LogP contribution < -0.4 is 10.2 Å². The first-order valence-electron chi connectivity index (χ1n) is 6.32. The van der Waals surface area contributed by atoms with Crippen molar-refractivity contribution < 1.29 is 19.2 Å². The minimum absolute atomic E-state index is 0.491. The zero-order chi connectivity index (χ0) is 14.5. The van der Waals surface area contributed by atoms with Crippen LogP contribution in [0.4, 0.5) is 0 Å². The van der Waals surface area contributed by atoms with E-state index in [4.69, 9.17) is 9.15 Å². The lowest BCUT2D eigenvalue weighted by molar-refractivity contribution is 0.317. The molecule has 0 fully saturated rings. The summed E-state index contributed by atoms with van der Waals surface area (Å²) in [7, 11) is 2.06. The molecule has 0 bridgehead atoms. The van der Waals surface area contributed by atoms with Crippen LogP contribution in [-0.4, -0.2) is 36.2 Å². The minimum atomic E-state index is -1.49. The smallest absolute Gasteiger partial charge is 0.488 e. The molecule has 0 saturated heterocycles. The second-order valence-electron chi connectivity index (χ2n) is 4.74. The highest BCUT2D eigenvalue weighted by molar-refractivity contribution is 6.59. The molecule has 0 aliphatic rings. The van der Waals surface area contributed by atoms with E-state index in [1.165, 1.54) is 0 Å². The normalized spacial score (nSPS) is 10.8. The van der Waals surface area contributed by atoms with Gasteiger partial charge in [0.15, 0.2) is 0 Å². The molecule has 0 unspecified atom stereocenters. The molecule has 0 aliphatic carbocycles. The van der Waals surface area contributed by atoms with Crippen LogP contribution in [0.15, 0.2) is 41.2 Å². The fourth-order valence-electron chi connectivity index (χ4n) is 2.14. The minimum Gasteiger partial charge on any atom is -0.497 e. The Kier molecular flexibility index (Phi) is 4.84. The molecule has 0 saturated carbocycles. The van der Waals surface area contributed by atoms with Gasteiger partial charge in [-0.15, -0.1) is 0 Å². The van der Waals surface area contributed by atoms with Crippen LogP contribution in [0.5, 0.6) is 5.75 Å². The molecule has 20 heavy (non-hydrogen) atoms. The molecule has 0 radical (unpaired) electrons. The maximum Gasteiger partial charge on any atom is 0.488 e. The molecule has 2 N–H and O–H groups in total. The fourth-order valence-corrected chi connectivity index (χ4v) is 2.14.